The first-order valence-corrected chi connectivity index (χ1v) is 7.44. The van der Waals surface area contributed by atoms with Gasteiger partial charge in [0.05, 0.1) is 10.2 Å². The molecule has 1 aromatic heterocycles. The highest BCUT2D eigenvalue weighted by atomic mass is 32.1. The minimum atomic E-state index is -1.09. The van der Waals surface area contributed by atoms with E-state index in [1.807, 2.05) is 30.3 Å². The number of aryl methyl sites for hydroxylation is 1. The summed E-state index contributed by atoms with van der Waals surface area (Å²) in [5.41, 5.74) is 4.39. The topological polar surface area (TPSA) is 62.2 Å². The van der Waals surface area contributed by atoms with Crippen molar-refractivity contribution < 1.29 is 9.90 Å². The molecule has 2 aromatic carbocycles. The van der Waals surface area contributed by atoms with E-state index in [4.69, 9.17) is 0 Å². The van der Waals surface area contributed by atoms with Crippen LogP contribution < -0.4 is 5.32 Å². The van der Waals surface area contributed by atoms with Crippen molar-refractivity contribution in [2.24, 2.45) is 0 Å². The third kappa shape index (κ3) is 1.93. The van der Waals surface area contributed by atoms with E-state index in [1.54, 1.807) is 11.3 Å². The van der Waals surface area contributed by atoms with E-state index in [2.05, 4.69) is 23.3 Å². The number of rotatable bonds is 1. The minimum Gasteiger partial charge on any atom is -0.378 e. The zero-order valence-corrected chi connectivity index (χ0v) is 12.1. The molecular weight excluding hydrogens is 284 g/mol. The monoisotopic (exact) mass is 296 g/mol. The van der Waals surface area contributed by atoms with Crippen molar-refractivity contribution in [2.75, 3.05) is 5.32 Å². The first-order valence-electron chi connectivity index (χ1n) is 6.62. The van der Waals surface area contributed by atoms with Gasteiger partial charge in [0.25, 0.3) is 5.91 Å². The molecule has 0 saturated heterocycles. The third-order valence-electron chi connectivity index (χ3n) is 3.64. The van der Waals surface area contributed by atoms with Gasteiger partial charge >= 0.3 is 0 Å². The molecule has 5 heteroatoms. The van der Waals surface area contributed by atoms with Crippen LogP contribution >= 0.6 is 11.3 Å². The molecule has 104 valence electrons. The zero-order valence-electron chi connectivity index (χ0n) is 11.3. The third-order valence-corrected chi connectivity index (χ3v) is 4.71. The number of fused-ring (bicyclic) bond motifs is 2. The normalized spacial score (nSPS) is 17.0. The van der Waals surface area contributed by atoms with Gasteiger partial charge in [-0.3, -0.25) is 4.79 Å². The quantitative estimate of drug-likeness (QED) is 0.724. The van der Waals surface area contributed by atoms with Crippen LogP contribution in [0.2, 0.25) is 0 Å². The number of carbonyl (C=O) groups is 1. The number of aromatic nitrogens is 1. The first kappa shape index (κ1) is 12.5. The number of carbonyl (C=O) groups excluding carboxylic acids is 1. The van der Waals surface area contributed by atoms with Gasteiger partial charge in [-0.15, -0.1) is 11.3 Å². The molecule has 3 aromatic rings. The fraction of sp³-hybridized carbons (Fsp3) is 0.125. The Morgan fingerprint density at radius 3 is 2.95 bits per heavy atom. The standard InChI is InChI=1S/C16H12N2O2S/c1-8-2-4-12-13(6-8)21-16(18-12)9-3-5-11-10(7-9)14(19)15(20)17-11/h2-7,14,19H,1H3,(H,17,20). The van der Waals surface area contributed by atoms with E-state index in [1.165, 1.54) is 5.56 Å². The van der Waals surface area contributed by atoms with Gasteiger partial charge in [-0.2, -0.15) is 0 Å². The molecule has 0 aliphatic carbocycles. The Hall–Kier alpha value is -2.24. The number of nitrogens with one attached hydrogen (secondary N) is 1. The molecule has 2 N–H and O–H groups in total. The van der Waals surface area contributed by atoms with Crippen molar-refractivity contribution in [3.63, 3.8) is 0 Å². The van der Waals surface area contributed by atoms with Crippen LogP contribution in [0, 0.1) is 6.92 Å². The maximum atomic E-state index is 11.5. The number of benzene rings is 2. The van der Waals surface area contributed by atoms with Crippen molar-refractivity contribution in [2.45, 2.75) is 13.0 Å². The van der Waals surface area contributed by atoms with Gasteiger partial charge in [0, 0.05) is 16.8 Å². The van der Waals surface area contributed by atoms with Gasteiger partial charge in [0.2, 0.25) is 0 Å². The number of amides is 1. The predicted octanol–water partition coefficient (Wildman–Crippen LogP) is 3.26. The summed E-state index contributed by atoms with van der Waals surface area (Å²) in [5, 5.41) is 13.4. The summed E-state index contributed by atoms with van der Waals surface area (Å²) in [7, 11) is 0. The number of nitrogens with zero attached hydrogens (tertiary/aromatic N) is 1. The zero-order chi connectivity index (χ0) is 14.6. The van der Waals surface area contributed by atoms with Crippen LogP contribution in [-0.2, 0) is 4.79 Å². The average molecular weight is 296 g/mol. The minimum absolute atomic E-state index is 0.373. The van der Waals surface area contributed by atoms with Crippen LogP contribution in [0.4, 0.5) is 5.69 Å². The molecule has 0 saturated carbocycles. The van der Waals surface area contributed by atoms with Gasteiger partial charge in [-0.05, 0) is 42.8 Å². The lowest BCUT2D eigenvalue weighted by Crippen LogP contribution is -2.10. The van der Waals surface area contributed by atoms with Crippen LogP contribution in [-0.4, -0.2) is 16.0 Å². The number of aliphatic hydroxyl groups is 1. The SMILES string of the molecule is Cc1ccc2nc(-c3ccc4c(c3)C(O)C(=O)N4)sc2c1. The Balaban J connectivity index is 1.84. The molecule has 0 radical (unpaired) electrons. The highest BCUT2D eigenvalue weighted by Gasteiger charge is 2.28. The largest absolute Gasteiger partial charge is 0.378 e. The Labute approximate surface area is 125 Å². The molecule has 0 spiro atoms. The number of thiazole rings is 1. The van der Waals surface area contributed by atoms with Crippen molar-refractivity contribution >= 4 is 33.1 Å². The molecule has 1 aliphatic rings. The van der Waals surface area contributed by atoms with E-state index < -0.39 is 6.10 Å². The average Bonchev–Trinajstić information content (AvgIpc) is 3.00. The summed E-state index contributed by atoms with van der Waals surface area (Å²) in [4.78, 5) is 16.1. The molecule has 21 heavy (non-hydrogen) atoms. The molecule has 1 unspecified atom stereocenters. The van der Waals surface area contributed by atoms with Gasteiger partial charge < -0.3 is 10.4 Å². The molecule has 1 aliphatic heterocycles. The second-order valence-electron chi connectivity index (χ2n) is 5.18. The van der Waals surface area contributed by atoms with E-state index in [0.717, 1.165) is 20.8 Å². The summed E-state index contributed by atoms with van der Waals surface area (Å²) in [6.07, 6.45) is -1.09. The Kier molecular flexibility index (Phi) is 2.60. The van der Waals surface area contributed by atoms with Gasteiger partial charge in [-0.1, -0.05) is 6.07 Å². The van der Waals surface area contributed by atoms with Crippen molar-refractivity contribution in [1.29, 1.82) is 0 Å². The lowest BCUT2D eigenvalue weighted by molar-refractivity contribution is -0.123. The van der Waals surface area contributed by atoms with E-state index in [9.17, 15) is 9.90 Å². The Morgan fingerprint density at radius 1 is 1.24 bits per heavy atom. The summed E-state index contributed by atoms with van der Waals surface area (Å²) >= 11 is 1.61. The number of aliphatic hydroxyl groups excluding tert-OH is 1. The predicted molar refractivity (Wildman–Crippen MR) is 83.4 cm³/mol. The number of anilines is 1. The summed E-state index contributed by atoms with van der Waals surface area (Å²) in [6.45, 7) is 2.06. The van der Waals surface area contributed by atoms with Crippen LogP contribution in [0.1, 0.15) is 17.2 Å². The Morgan fingerprint density at radius 2 is 2.10 bits per heavy atom. The molecule has 0 fully saturated rings. The Bertz CT molecular complexity index is 885. The van der Waals surface area contributed by atoms with E-state index in [-0.39, 0.29) is 5.91 Å². The fourth-order valence-electron chi connectivity index (χ4n) is 2.53. The smallest absolute Gasteiger partial charge is 0.257 e. The number of hydrogen-bond acceptors (Lipinski definition) is 4. The van der Waals surface area contributed by atoms with Crippen molar-refractivity contribution in [3.05, 3.63) is 47.5 Å². The summed E-state index contributed by atoms with van der Waals surface area (Å²) in [6, 6.07) is 11.7. The fourth-order valence-corrected chi connectivity index (χ4v) is 3.59. The second kappa shape index (κ2) is 4.38. The van der Waals surface area contributed by atoms with Crippen LogP contribution in [0.15, 0.2) is 36.4 Å². The summed E-state index contributed by atoms with van der Waals surface area (Å²) < 4.78 is 1.14. The van der Waals surface area contributed by atoms with E-state index >= 15 is 0 Å². The van der Waals surface area contributed by atoms with Crippen molar-refractivity contribution in [1.82, 2.24) is 4.98 Å². The van der Waals surface area contributed by atoms with Gasteiger partial charge in [0.1, 0.15) is 5.01 Å². The lowest BCUT2D eigenvalue weighted by Gasteiger charge is -2.02. The van der Waals surface area contributed by atoms with Gasteiger partial charge in [0.15, 0.2) is 6.10 Å². The highest BCUT2D eigenvalue weighted by Crippen LogP contribution is 2.36. The molecule has 1 atom stereocenters. The molecule has 2 heterocycles. The van der Waals surface area contributed by atoms with Crippen LogP contribution in [0.5, 0.6) is 0 Å². The first-order chi connectivity index (χ1) is 10.1. The van der Waals surface area contributed by atoms with Gasteiger partial charge in [-0.25, -0.2) is 4.98 Å². The number of hydrogen-bond donors (Lipinski definition) is 2. The van der Waals surface area contributed by atoms with Crippen molar-refractivity contribution in [3.8, 4) is 10.6 Å². The molecule has 4 rings (SSSR count). The highest BCUT2D eigenvalue weighted by molar-refractivity contribution is 7.21. The molecule has 4 nitrogen and oxygen atoms in total. The van der Waals surface area contributed by atoms with Crippen LogP contribution in [0.3, 0.4) is 0 Å². The van der Waals surface area contributed by atoms with Crippen LogP contribution in [0.25, 0.3) is 20.8 Å². The molecular formula is C16H12N2O2S. The second-order valence-corrected chi connectivity index (χ2v) is 6.21. The molecule has 0 bridgehead atoms. The lowest BCUT2D eigenvalue weighted by atomic mass is 10.1. The molecule has 1 amide bonds. The maximum absolute atomic E-state index is 11.5. The maximum Gasteiger partial charge on any atom is 0.257 e. The summed E-state index contributed by atoms with van der Waals surface area (Å²) in [5.74, 6) is -0.373. The van der Waals surface area contributed by atoms with E-state index in [0.29, 0.717) is 11.3 Å².